The van der Waals surface area contributed by atoms with E-state index < -0.39 is 0 Å². The van der Waals surface area contributed by atoms with Crippen molar-refractivity contribution in [3.63, 3.8) is 0 Å². The van der Waals surface area contributed by atoms with Gasteiger partial charge in [0.05, 0.1) is 10.7 Å². The lowest BCUT2D eigenvalue weighted by Crippen LogP contribution is -2.26. The molecule has 1 amide bonds. The van der Waals surface area contributed by atoms with Gasteiger partial charge in [0, 0.05) is 28.9 Å². The van der Waals surface area contributed by atoms with Crippen LogP contribution in [0.25, 0.3) is 6.08 Å². The summed E-state index contributed by atoms with van der Waals surface area (Å²) in [4.78, 5) is 16.4. The summed E-state index contributed by atoms with van der Waals surface area (Å²) < 4.78 is 0. The lowest BCUT2D eigenvalue weighted by Gasteiger charge is -2.04. The second-order valence-electron chi connectivity index (χ2n) is 4.74. The molecule has 0 radical (unpaired) electrons. The van der Waals surface area contributed by atoms with Crippen molar-refractivity contribution in [1.82, 2.24) is 10.3 Å². The Bertz CT molecular complexity index is 647. The van der Waals surface area contributed by atoms with E-state index >= 15 is 0 Å². The summed E-state index contributed by atoms with van der Waals surface area (Å²) in [6.45, 7) is 4.37. The highest BCUT2D eigenvalue weighted by Gasteiger charge is 2.05. The zero-order valence-corrected chi connectivity index (χ0v) is 13.6. The number of amides is 1. The molecule has 21 heavy (non-hydrogen) atoms. The highest BCUT2D eigenvalue weighted by molar-refractivity contribution is 7.09. The number of aromatic nitrogens is 1. The Kier molecular flexibility index (Phi) is 5.53. The van der Waals surface area contributed by atoms with Crippen molar-refractivity contribution in [2.24, 2.45) is 0 Å². The second-order valence-corrected chi connectivity index (χ2v) is 6.24. The summed E-state index contributed by atoms with van der Waals surface area (Å²) in [6, 6.07) is 7.39. The van der Waals surface area contributed by atoms with Crippen molar-refractivity contribution in [3.05, 3.63) is 56.5 Å². The molecule has 0 unspecified atom stereocenters. The Morgan fingerprint density at radius 3 is 2.71 bits per heavy atom. The minimum absolute atomic E-state index is 0.0584. The molecule has 0 atom stereocenters. The molecule has 2 rings (SSSR count). The largest absolute Gasteiger partial charge is 0.352 e. The Balaban J connectivity index is 1.86. The zero-order chi connectivity index (χ0) is 15.2. The van der Waals surface area contributed by atoms with Crippen LogP contribution in [0.2, 0.25) is 5.02 Å². The van der Waals surface area contributed by atoms with Crippen LogP contribution in [0.1, 0.15) is 23.2 Å². The maximum Gasteiger partial charge on any atom is 0.246 e. The molecular weight excluding hydrogens is 304 g/mol. The van der Waals surface area contributed by atoms with E-state index in [4.69, 9.17) is 11.6 Å². The average molecular weight is 321 g/mol. The molecule has 0 saturated carbocycles. The van der Waals surface area contributed by atoms with Gasteiger partial charge in [-0.25, -0.2) is 4.98 Å². The number of rotatable bonds is 5. The normalized spacial score (nSPS) is 11.5. The van der Waals surface area contributed by atoms with E-state index in [1.165, 1.54) is 0 Å². The van der Waals surface area contributed by atoms with Crippen molar-refractivity contribution in [1.29, 1.82) is 0 Å². The van der Waals surface area contributed by atoms with Crippen molar-refractivity contribution < 1.29 is 4.79 Å². The summed E-state index contributed by atoms with van der Waals surface area (Å²) in [5, 5.41) is 6.67. The number of benzene rings is 1. The van der Waals surface area contributed by atoms with E-state index in [1.807, 2.05) is 42.6 Å². The smallest absolute Gasteiger partial charge is 0.246 e. The van der Waals surface area contributed by atoms with Crippen LogP contribution < -0.4 is 5.32 Å². The van der Waals surface area contributed by atoms with Crippen molar-refractivity contribution >= 4 is 34.9 Å². The maximum atomic E-state index is 12.0. The molecule has 5 heteroatoms. The molecule has 1 aromatic carbocycles. The molecule has 0 aliphatic heterocycles. The van der Waals surface area contributed by atoms with Crippen molar-refractivity contribution in [2.75, 3.05) is 6.54 Å². The lowest BCUT2D eigenvalue weighted by molar-refractivity contribution is -0.117. The fourth-order valence-corrected chi connectivity index (χ4v) is 2.61. The maximum absolute atomic E-state index is 12.0. The first-order valence-electron chi connectivity index (χ1n) is 6.67. The number of thiazole rings is 1. The molecule has 0 aliphatic carbocycles. The first-order chi connectivity index (χ1) is 10.0. The Labute approximate surface area is 133 Å². The van der Waals surface area contributed by atoms with Crippen LogP contribution in [0.4, 0.5) is 0 Å². The van der Waals surface area contributed by atoms with Gasteiger partial charge in [-0.1, -0.05) is 23.7 Å². The number of halogens is 1. The van der Waals surface area contributed by atoms with E-state index in [1.54, 1.807) is 18.3 Å². The summed E-state index contributed by atoms with van der Waals surface area (Å²) in [5.41, 5.74) is 2.66. The van der Waals surface area contributed by atoms with Crippen LogP contribution in [-0.2, 0) is 11.2 Å². The Morgan fingerprint density at radius 1 is 1.38 bits per heavy atom. The van der Waals surface area contributed by atoms with Crippen molar-refractivity contribution in [2.45, 2.75) is 20.3 Å². The number of hydrogen-bond acceptors (Lipinski definition) is 3. The standard InChI is InChI=1S/C16H17ClN2OS/c1-11(9-13-3-5-14(17)6-4-13)16(20)18-8-7-15-10-21-12(2)19-15/h3-6,9-10H,7-8H2,1-2H3,(H,18,20)/b11-9+. The van der Waals surface area contributed by atoms with E-state index in [0.717, 1.165) is 22.7 Å². The van der Waals surface area contributed by atoms with Crippen LogP contribution >= 0.6 is 22.9 Å². The number of nitrogens with zero attached hydrogens (tertiary/aromatic N) is 1. The van der Waals surface area contributed by atoms with E-state index in [9.17, 15) is 4.79 Å². The molecule has 0 fully saturated rings. The molecule has 0 bridgehead atoms. The molecular formula is C16H17ClN2OS. The van der Waals surface area contributed by atoms with Gasteiger partial charge < -0.3 is 5.32 Å². The van der Waals surface area contributed by atoms with Crippen LogP contribution in [0.15, 0.2) is 35.2 Å². The molecule has 2 aromatic rings. The number of carbonyl (C=O) groups is 1. The van der Waals surface area contributed by atoms with Gasteiger partial charge in [0.25, 0.3) is 0 Å². The first kappa shape index (κ1) is 15.7. The Hall–Kier alpha value is -1.65. The van der Waals surface area contributed by atoms with Crippen LogP contribution in [0.5, 0.6) is 0 Å². The van der Waals surface area contributed by atoms with Gasteiger partial charge in [-0.3, -0.25) is 4.79 Å². The number of carbonyl (C=O) groups excluding carboxylic acids is 1. The predicted molar refractivity (Wildman–Crippen MR) is 88.7 cm³/mol. The third-order valence-electron chi connectivity index (χ3n) is 2.94. The molecule has 3 nitrogen and oxygen atoms in total. The molecule has 0 saturated heterocycles. The number of hydrogen-bond donors (Lipinski definition) is 1. The molecule has 0 aliphatic rings. The monoisotopic (exact) mass is 320 g/mol. The van der Waals surface area contributed by atoms with Gasteiger partial charge in [-0.15, -0.1) is 11.3 Å². The molecule has 1 N–H and O–H groups in total. The lowest BCUT2D eigenvalue weighted by atomic mass is 10.1. The molecule has 1 heterocycles. The van der Waals surface area contributed by atoms with Crippen molar-refractivity contribution in [3.8, 4) is 0 Å². The summed E-state index contributed by atoms with van der Waals surface area (Å²) >= 11 is 7.46. The topological polar surface area (TPSA) is 42.0 Å². The predicted octanol–water partition coefficient (Wildman–Crippen LogP) is 3.87. The minimum Gasteiger partial charge on any atom is -0.352 e. The van der Waals surface area contributed by atoms with E-state index in [2.05, 4.69) is 10.3 Å². The highest BCUT2D eigenvalue weighted by atomic mass is 35.5. The van der Waals surface area contributed by atoms with E-state index in [-0.39, 0.29) is 5.91 Å². The van der Waals surface area contributed by atoms with Gasteiger partial charge >= 0.3 is 0 Å². The second kappa shape index (κ2) is 7.38. The summed E-state index contributed by atoms with van der Waals surface area (Å²) in [7, 11) is 0. The van der Waals surface area contributed by atoms with Crippen LogP contribution in [0, 0.1) is 6.92 Å². The van der Waals surface area contributed by atoms with E-state index in [0.29, 0.717) is 17.1 Å². The SMILES string of the molecule is C/C(=C\c1ccc(Cl)cc1)C(=O)NCCc1csc(C)n1. The quantitative estimate of drug-likeness (QED) is 0.850. The third kappa shape index (κ3) is 4.99. The summed E-state index contributed by atoms with van der Waals surface area (Å²) in [5.74, 6) is -0.0584. The van der Waals surface area contributed by atoms with Gasteiger partial charge in [-0.05, 0) is 37.6 Å². The van der Waals surface area contributed by atoms with Crippen LogP contribution in [-0.4, -0.2) is 17.4 Å². The average Bonchev–Trinajstić information content (AvgIpc) is 2.87. The van der Waals surface area contributed by atoms with Gasteiger partial charge in [0.2, 0.25) is 5.91 Å². The fraction of sp³-hybridized carbons (Fsp3) is 0.250. The zero-order valence-electron chi connectivity index (χ0n) is 12.0. The molecule has 110 valence electrons. The van der Waals surface area contributed by atoms with Gasteiger partial charge in [-0.2, -0.15) is 0 Å². The third-order valence-corrected chi connectivity index (χ3v) is 4.02. The molecule has 0 spiro atoms. The Morgan fingerprint density at radius 2 is 2.10 bits per heavy atom. The molecule has 1 aromatic heterocycles. The highest BCUT2D eigenvalue weighted by Crippen LogP contribution is 2.12. The number of aryl methyl sites for hydroxylation is 1. The fourth-order valence-electron chi connectivity index (χ4n) is 1.84. The van der Waals surface area contributed by atoms with Gasteiger partial charge in [0.1, 0.15) is 0 Å². The van der Waals surface area contributed by atoms with Gasteiger partial charge in [0.15, 0.2) is 0 Å². The van der Waals surface area contributed by atoms with Crippen LogP contribution in [0.3, 0.4) is 0 Å². The number of nitrogens with one attached hydrogen (secondary N) is 1. The first-order valence-corrected chi connectivity index (χ1v) is 7.93. The summed E-state index contributed by atoms with van der Waals surface area (Å²) in [6.07, 6.45) is 2.60. The minimum atomic E-state index is -0.0584.